The Kier molecular flexibility index (Phi) is 3.36. The van der Waals surface area contributed by atoms with Crippen LogP contribution in [-0.2, 0) is 0 Å². The molecule has 0 aliphatic heterocycles. The SMILES string of the molecule is CN(C)c1ccc(NC(=O)c2cc3ccccc3[nH]2)cc1. The summed E-state index contributed by atoms with van der Waals surface area (Å²) in [6.45, 7) is 0. The minimum absolute atomic E-state index is 0.135. The molecule has 3 rings (SSSR count). The monoisotopic (exact) mass is 279 g/mol. The van der Waals surface area contributed by atoms with Gasteiger partial charge in [0.05, 0.1) is 0 Å². The molecule has 2 N–H and O–H groups in total. The van der Waals surface area contributed by atoms with E-state index in [2.05, 4.69) is 10.3 Å². The quantitative estimate of drug-likeness (QED) is 0.771. The Morgan fingerprint density at radius 3 is 2.43 bits per heavy atom. The van der Waals surface area contributed by atoms with Crippen molar-refractivity contribution in [3.8, 4) is 0 Å². The van der Waals surface area contributed by atoms with E-state index in [9.17, 15) is 4.79 Å². The summed E-state index contributed by atoms with van der Waals surface area (Å²) in [5, 5.41) is 3.93. The molecule has 0 atom stereocenters. The molecule has 0 bridgehead atoms. The number of aromatic amines is 1. The first-order chi connectivity index (χ1) is 10.1. The van der Waals surface area contributed by atoms with Gasteiger partial charge in [-0.3, -0.25) is 4.79 Å². The van der Waals surface area contributed by atoms with Crippen LogP contribution < -0.4 is 10.2 Å². The number of aromatic nitrogens is 1. The standard InChI is InChI=1S/C17H17N3O/c1-20(2)14-9-7-13(8-10-14)18-17(21)16-11-12-5-3-4-6-15(12)19-16/h3-11,19H,1-2H3,(H,18,21). The number of fused-ring (bicyclic) bond motifs is 1. The van der Waals surface area contributed by atoms with Crippen LogP contribution in [0, 0.1) is 0 Å². The molecule has 106 valence electrons. The van der Waals surface area contributed by atoms with E-state index in [0.29, 0.717) is 5.69 Å². The van der Waals surface area contributed by atoms with Gasteiger partial charge in [0, 0.05) is 36.4 Å². The molecule has 4 heteroatoms. The molecular weight excluding hydrogens is 262 g/mol. The molecule has 2 aromatic carbocycles. The smallest absolute Gasteiger partial charge is 0.272 e. The van der Waals surface area contributed by atoms with Gasteiger partial charge in [0.1, 0.15) is 5.69 Å². The van der Waals surface area contributed by atoms with Crippen LogP contribution in [0.25, 0.3) is 10.9 Å². The van der Waals surface area contributed by atoms with Crippen molar-refractivity contribution in [2.24, 2.45) is 0 Å². The second-order valence-corrected chi connectivity index (χ2v) is 5.17. The molecule has 0 aliphatic carbocycles. The predicted octanol–water partition coefficient (Wildman–Crippen LogP) is 3.49. The zero-order valence-corrected chi connectivity index (χ0v) is 12.1. The highest BCUT2D eigenvalue weighted by atomic mass is 16.1. The number of hydrogen-bond acceptors (Lipinski definition) is 2. The first-order valence-electron chi connectivity index (χ1n) is 6.80. The minimum atomic E-state index is -0.135. The van der Waals surface area contributed by atoms with E-state index in [1.807, 2.05) is 73.6 Å². The van der Waals surface area contributed by atoms with Gasteiger partial charge in [0.25, 0.3) is 5.91 Å². The number of benzene rings is 2. The van der Waals surface area contributed by atoms with Crippen LogP contribution in [0.5, 0.6) is 0 Å². The molecule has 0 unspecified atom stereocenters. The van der Waals surface area contributed by atoms with Crippen molar-refractivity contribution in [1.29, 1.82) is 0 Å². The zero-order valence-electron chi connectivity index (χ0n) is 12.1. The minimum Gasteiger partial charge on any atom is -0.378 e. The van der Waals surface area contributed by atoms with Gasteiger partial charge >= 0.3 is 0 Å². The highest BCUT2D eigenvalue weighted by molar-refractivity contribution is 6.05. The van der Waals surface area contributed by atoms with E-state index in [0.717, 1.165) is 22.3 Å². The normalized spacial score (nSPS) is 10.6. The summed E-state index contributed by atoms with van der Waals surface area (Å²) < 4.78 is 0. The number of nitrogens with zero attached hydrogens (tertiary/aromatic N) is 1. The number of para-hydroxylation sites is 1. The van der Waals surface area contributed by atoms with Gasteiger partial charge in [0.15, 0.2) is 0 Å². The van der Waals surface area contributed by atoms with Crippen molar-refractivity contribution < 1.29 is 4.79 Å². The van der Waals surface area contributed by atoms with Gasteiger partial charge in [-0.2, -0.15) is 0 Å². The Morgan fingerprint density at radius 2 is 1.76 bits per heavy atom. The van der Waals surface area contributed by atoms with E-state index in [1.165, 1.54) is 0 Å². The van der Waals surface area contributed by atoms with Crippen LogP contribution in [0.4, 0.5) is 11.4 Å². The third-order valence-corrected chi connectivity index (χ3v) is 3.42. The second-order valence-electron chi connectivity index (χ2n) is 5.17. The molecule has 0 saturated heterocycles. The fourth-order valence-corrected chi connectivity index (χ4v) is 2.24. The summed E-state index contributed by atoms with van der Waals surface area (Å²) in [5.74, 6) is -0.135. The molecule has 0 spiro atoms. The lowest BCUT2D eigenvalue weighted by Crippen LogP contribution is -2.12. The lowest BCUT2D eigenvalue weighted by molar-refractivity contribution is 0.102. The van der Waals surface area contributed by atoms with Crippen molar-refractivity contribution in [3.05, 3.63) is 60.3 Å². The van der Waals surface area contributed by atoms with Gasteiger partial charge in [0.2, 0.25) is 0 Å². The van der Waals surface area contributed by atoms with E-state index >= 15 is 0 Å². The number of rotatable bonds is 3. The Balaban J connectivity index is 1.79. The highest BCUT2D eigenvalue weighted by Crippen LogP contribution is 2.18. The van der Waals surface area contributed by atoms with Gasteiger partial charge in [-0.25, -0.2) is 0 Å². The maximum atomic E-state index is 12.2. The Hall–Kier alpha value is -2.75. The number of H-pyrrole nitrogens is 1. The number of anilines is 2. The average molecular weight is 279 g/mol. The van der Waals surface area contributed by atoms with Crippen LogP contribution in [0.15, 0.2) is 54.6 Å². The second kappa shape index (κ2) is 5.32. The largest absolute Gasteiger partial charge is 0.378 e. The summed E-state index contributed by atoms with van der Waals surface area (Å²) in [7, 11) is 3.97. The summed E-state index contributed by atoms with van der Waals surface area (Å²) in [6, 6.07) is 17.4. The number of carbonyl (C=O) groups is 1. The molecule has 21 heavy (non-hydrogen) atoms. The molecular formula is C17H17N3O. The van der Waals surface area contributed by atoms with Gasteiger partial charge in [-0.05, 0) is 36.4 Å². The predicted molar refractivity (Wildman–Crippen MR) is 87.0 cm³/mol. The fourth-order valence-electron chi connectivity index (χ4n) is 2.24. The van der Waals surface area contributed by atoms with E-state index in [4.69, 9.17) is 0 Å². The average Bonchev–Trinajstić information content (AvgIpc) is 2.92. The van der Waals surface area contributed by atoms with Crippen LogP contribution in [0.3, 0.4) is 0 Å². The summed E-state index contributed by atoms with van der Waals surface area (Å²) >= 11 is 0. The maximum Gasteiger partial charge on any atom is 0.272 e. The van der Waals surface area contributed by atoms with E-state index in [-0.39, 0.29) is 5.91 Å². The molecule has 4 nitrogen and oxygen atoms in total. The number of carbonyl (C=O) groups excluding carboxylic acids is 1. The van der Waals surface area contributed by atoms with Gasteiger partial charge in [-0.15, -0.1) is 0 Å². The van der Waals surface area contributed by atoms with Gasteiger partial charge < -0.3 is 15.2 Å². The molecule has 0 fully saturated rings. The lowest BCUT2D eigenvalue weighted by atomic mass is 10.2. The van der Waals surface area contributed by atoms with Crippen LogP contribution in [0.2, 0.25) is 0 Å². The molecule has 1 heterocycles. The van der Waals surface area contributed by atoms with Crippen molar-refractivity contribution in [3.63, 3.8) is 0 Å². The van der Waals surface area contributed by atoms with Gasteiger partial charge in [-0.1, -0.05) is 18.2 Å². The van der Waals surface area contributed by atoms with Crippen molar-refractivity contribution in [2.45, 2.75) is 0 Å². The number of hydrogen-bond donors (Lipinski definition) is 2. The number of amides is 1. The number of nitrogens with one attached hydrogen (secondary N) is 2. The lowest BCUT2D eigenvalue weighted by Gasteiger charge is -2.12. The Morgan fingerprint density at radius 1 is 1.05 bits per heavy atom. The fraction of sp³-hybridized carbons (Fsp3) is 0.118. The molecule has 1 aromatic heterocycles. The van der Waals surface area contributed by atoms with Crippen molar-refractivity contribution in [1.82, 2.24) is 4.98 Å². The molecule has 1 amide bonds. The van der Waals surface area contributed by atoms with Crippen LogP contribution in [-0.4, -0.2) is 25.0 Å². The third-order valence-electron chi connectivity index (χ3n) is 3.42. The first kappa shape index (κ1) is 13.2. The summed E-state index contributed by atoms with van der Waals surface area (Å²) in [4.78, 5) is 17.4. The zero-order chi connectivity index (χ0) is 14.8. The van der Waals surface area contributed by atoms with Crippen LogP contribution >= 0.6 is 0 Å². The maximum absolute atomic E-state index is 12.2. The molecule has 0 aliphatic rings. The Bertz CT molecular complexity index is 739. The van der Waals surface area contributed by atoms with E-state index in [1.54, 1.807) is 0 Å². The third kappa shape index (κ3) is 2.74. The molecule has 3 aromatic rings. The van der Waals surface area contributed by atoms with Crippen molar-refractivity contribution >= 4 is 28.2 Å². The molecule has 0 saturated carbocycles. The summed E-state index contributed by atoms with van der Waals surface area (Å²) in [6.07, 6.45) is 0. The molecule has 0 radical (unpaired) electrons. The van der Waals surface area contributed by atoms with Crippen LogP contribution in [0.1, 0.15) is 10.5 Å². The summed E-state index contributed by atoms with van der Waals surface area (Å²) in [5.41, 5.74) is 3.40. The van der Waals surface area contributed by atoms with Crippen molar-refractivity contribution in [2.75, 3.05) is 24.3 Å². The topological polar surface area (TPSA) is 48.1 Å². The Labute approximate surface area is 123 Å². The van der Waals surface area contributed by atoms with E-state index < -0.39 is 0 Å². The highest BCUT2D eigenvalue weighted by Gasteiger charge is 2.09. The first-order valence-corrected chi connectivity index (χ1v) is 6.80.